The monoisotopic (exact) mass is 300 g/mol. The lowest BCUT2D eigenvalue weighted by Crippen LogP contribution is -2.42. The summed E-state index contributed by atoms with van der Waals surface area (Å²) in [6, 6.07) is 10.2. The summed E-state index contributed by atoms with van der Waals surface area (Å²) in [5.74, 6) is -0.832. The Hall–Kier alpha value is -2.45. The number of Topliss-reactive ketones (excluding diaryl/α,β-unsaturated/α-hetero) is 1. The van der Waals surface area contributed by atoms with E-state index in [0.717, 1.165) is 5.56 Å². The number of nitrogens with zero attached hydrogens (tertiary/aromatic N) is 1. The minimum atomic E-state index is -0.895. The average Bonchev–Trinajstić information content (AvgIpc) is 2.47. The smallest absolute Gasteiger partial charge is 0.217 e. The minimum Gasteiger partial charge on any atom is -0.389 e. The molecule has 0 saturated carbocycles. The number of ketones is 1. The van der Waals surface area contributed by atoms with Crippen LogP contribution in [0.25, 0.3) is 0 Å². The third-order valence-corrected chi connectivity index (χ3v) is 3.36. The van der Waals surface area contributed by atoms with E-state index in [4.69, 9.17) is 0 Å². The molecule has 2 N–H and O–H groups in total. The van der Waals surface area contributed by atoms with Crippen LogP contribution in [0.1, 0.15) is 26.3 Å². The van der Waals surface area contributed by atoms with E-state index in [2.05, 4.69) is 5.32 Å². The zero-order valence-electron chi connectivity index (χ0n) is 13.0. The van der Waals surface area contributed by atoms with Crippen LogP contribution < -0.4 is 5.32 Å². The van der Waals surface area contributed by atoms with Crippen molar-refractivity contribution in [3.05, 3.63) is 47.0 Å². The maximum Gasteiger partial charge on any atom is 0.217 e. The summed E-state index contributed by atoms with van der Waals surface area (Å²) in [6.07, 6.45) is -0.606. The molecule has 1 amide bonds. The number of hydrogen-bond donors (Lipinski definition) is 2. The van der Waals surface area contributed by atoms with Gasteiger partial charge in [0.2, 0.25) is 5.91 Å². The maximum absolute atomic E-state index is 12.6. The second kappa shape index (κ2) is 8.11. The molecule has 0 radical (unpaired) electrons. The van der Waals surface area contributed by atoms with Crippen molar-refractivity contribution in [2.45, 2.75) is 39.3 Å². The number of nitriles is 1. The van der Waals surface area contributed by atoms with Crippen LogP contribution in [0.4, 0.5) is 0 Å². The molecule has 0 aromatic heterocycles. The third kappa shape index (κ3) is 4.83. The number of nitrogens with one attached hydrogen (secondary N) is 1. The molecule has 0 aliphatic carbocycles. The molecular weight excluding hydrogens is 280 g/mol. The molecule has 0 fully saturated rings. The molecule has 1 aromatic rings. The predicted octanol–water partition coefficient (Wildman–Crippen LogP) is 1.52. The van der Waals surface area contributed by atoms with Gasteiger partial charge in [0.1, 0.15) is 6.07 Å². The summed E-state index contributed by atoms with van der Waals surface area (Å²) >= 11 is 0. The van der Waals surface area contributed by atoms with Gasteiger partial charge < -0.3 is 10.4 Å². The number of benzene rings is 1. The molecule has 1 rings (SSSR count). The highest BCUT2D eigenvalue weighted by molar-refractivity contribution is 6.05. The molecule has 0 bridgehead atoms. The van der Waals surface area contributed by atoms with Crippen LogP contribution >= 0.6 is 0 Å². The third-order valence-electron chi connectivity index (χ3n) is 3.36. The molecule has 1 unspecified atom stereocenters. The largest absolute Gasteiger partial charge is 0.389 e. The molecule has 22 heavy (non-hydrogen) atoms. The number of aliphatic hydroxyl groups excluding tert-OH is 1. The van der Waals surface area contributed by atoms with Crippen LogP contribution in [0.3, 0.4) is 0 Å². The molecule has 0 aliphatic heterocycles. The van der Waals surface area contributed by atoms with Crippen molar-refractivity contribution < 1.29 is 14.7 Å². The van der Waals surface area contributed by atoms with Gasteiger partial charge in [0.15, 0.2) is 5.78 Å². The van der Waals surface area contributed by atoms with Crippen LogP contribution in [-0.2, 0) is 16.0 Å². The van der Waals surface area contributed by atoms with Crippen molar-refractivity contribution in [2.75, 3.05) is 0 Å². The first-order valence-electron chi connectivity index (χ1n) is 7.01. The molecule has 2 atom stereocenters. The lowest BCUT2D eigenvalue weighted by atomic mass is 9.94. The summed E-state index contributed by atoms with van der Waals surface area (Å²) in [5.41, 5.74) is 1.07. The molecule has 1 aromatic carbocycles. The van der Waals surface area contributed by atoms with Gasteiger partial charge in [-0.1, -0.05) is 30.3 Å². The van der Waals surface area contributed by atoms with Crippen molar-refractivity contribution in [2.24, 2.45) is 0 Å². The topological polar surface area (TPSA) is 90.2 Å². The van der Waals surface area contributed by atoms with Gasteiger partial charge in [-0.05, 0) is 25.0 Å². The van der Waals surface area contributed by atoms with Gasteiger partial charge in [-0.2, -0.15) is 5.26 Å². The van der Waals surface area contributed by atoms with Crippen LogP contribution in [0.15, 0.2) is 41.5 Å². The Morgan fingerprint density at radius 1 is 1.27 bits per heavy atom. The van der Waals surface area contributed by atoms with Crippen LogP contribution in [0.2, 0.25) is 0 Å². The van der Waals surface area contributed by atoms with E-state index in [1.54, 1.807) is 0 Å². The molecule has 0 aliphatic rings. The number of carbonyl (C=O) groups excluding carboxylic acids is 2. The van der Waals surface area contributed by atoms with E-state index in [1.165, 1.54) is 20.8 Å². The highest BCUT2D eigenvalue weighted by Gasteiger charge is 2.25. The Morgan fingerprint density at radius 3 is 2.32 bits per heavy atom. The number of hydrogen-bond acceptors (Lipinski definition) is 4. The Kier molecular flexibility index (Phi) is 6.48. The Labute approximate surface area is 130 Å². The summed E-state index contributed by atoms with van der Waals surface area (Å²) in [6.45, 7) is 4.35. The normalized spacial score (nSPS) is 14.3. The fourth-order valence-electron chi connectivity index (χ4n) is 2.03. The van der Waals surface area contributed by atoms with Gasteiger partial charge >= 0.3 is 0 Å². The van der Waals surface area contributed by atoms with Crippen molar-refractivity contribution in [1.29, 1.82) is 5.26 Å². The quantitative estimate of drug-likeness (QED) is 0.615. The Bertz CT molecular complexity index is 613. The van der Waals surface area contributed by atoms with E-state index in [-0.39, 0.29) is 17.9 Å². The molecule has 0 spiro atoms. The number of carbonyl (C=O) groups is 2. The maximum atomic E-state index is 12.6. The van der Waals surface area contributed by atoms with Crippen molar-refractivity contribution in [3.63, 3.8) is 0 Å². The van der Waals surface area contributed by atoms with Gasteiger partial charge in [-0.3, -0.25) is 9.59 Å². The van der Waals surface area contributed by atoms with E-state index >= 15 is 0 Å². The van der Waals surface area contributed by atoms with Crippen LogP contribution in [0, 0.1) is 11.3 Å². The van der Waals surface area contributed by atoms with Crippen molar-refractivity contribution in [1.82, 2.24) is 5.32 Å². The minimum absolute atomic E-state index is 0.107. The van der Waals surface area contributed by atoms with E-state index in [9.17, 15) is 20.0 Å². The molecule has 0 saturated heterocycles. The van der Waals surface area contributed by atoms with Crippen molar-refractivity contribution in [3.8, 4) is 6.07 Å². The second-order valence-corrected chi connectivity index (χ2v) is 5.15. The van der Waals surface area contributed by atoms with E-state index in [1.807, 2.05) is 36.4 Å². The highest BCUT2D eigenvalue weighted by Crippen LogP contribution is 2.14. The first-order chi connectivity index (χ1) is 10.4. The van der Waals surface area contributed by atoms with Gasteiger partial charge in [0.05, 0.1) is 17.7 Å². The number of amides is 1. The SMILES string of the molecule is CC(=O)N[C@@H](Cc1ccccc1)C(=O)/C(C#N)=C(\C)C(C)O. The fourth-order valence-corrected chi connectivity index (χ4v) is 2.03. The zero-order chi connectivity index (χ0) is 16.7. The van der Waals surface area contributed by atoms with Gasteiger partial charge in [0, 0.05) is 13.3 Å². The molecule has 116 valence electrons. The molecule has 0 heterocycles. The van der Waals surface area contributed by atoms with Crippen LogP contribution in [-0.4, -0.2) is 28.9 Å². The first kappa shape index (κ1) is 17.6. The van der Waals surface area contributed by atoms with Crippen molar-refractivity contribution >= 4 is 11.7 Å². The lowest BCUT2D eigenvalue weighted by molar-refractivity contribution is -0.124. The molecular formula is C17H20N2O3. The summed E-state index contributed by atoms with van der Waals surface area (Å²) in [7, 11) is 0. The Morgan fingerprint density at radius 2 is 1.86 bits per heavy atom. The van der Waals surface area contributed by atoms with E-state index < -0.39 is 17.9 Å². The summed E-state index contributed by atoms with van der Waals surface area (Å²) in [4.78, 5) is 23.9. The fraction of sp³-hybridized carbons (Fsp3) is 0.353. The lowest BCUT2D eigenvalue weighted by Gasteiger charge is -2.18. The zero-order valence-corrected chi connectivity index (χ0v) is 13.0. The van der Waals surface area contributed by atoms with E-state index in [0.29, 0.717) is 5.57 Å². The second-order valence-electron chi connectivity index (χ2n) is 5.15. The predicted molar refractivity (Wildman–Crippen MR) is 82.8 cm³/mol. The molecule has 5 heteroatoms. The molecule has 5 nitrogen and oxygen atoms in total. The first-order valence-corrected chi connectivity index (χ1v) is 7.01. The highest BCUT2D eigenvalue weighted by atomic mass is 16.3. The Balaban J connectivity index is 3.11. The average molecular weight is 300 g/mol. The standard InChI is InChI=1S/C17H20N2O3/c1-11(12(2)20)15(10-18)17(22)16(19-13(3)21)9-14-7-5-4-6-8-14/h4-8,12,16,20H,9H2,1-3H3,(H,19,21)/b15-11+/t12?,16-/m0/s1. The number of aliphatic hydroxyl groups is 1. The van der Waals surface area contributed by atoms with Gasteiger partial charge in [0.25, 0.3) is 0 Å². The van der Waals surface area contributed by atoms with Crippen LogP contribution in [0.5, 0.6) is 0 Å². The summed E-state index contributed by atoms with van der Waals surface area (Å²) < 4.78 is 0. The number of rotatable bonds is 6. The van der Waals surface area contributed by atoms with Gasteiger partial charge in [-0.25, -0.2) is 0 Å². The summed E-state index contributed by atoms with van der Waals surface area (Å²) in [5, 5.41) is 21.4. The van der Waals surface area contributed by atoms with Gasteiger partial charge in [-0.15, -0.1) is 0 Å².